The highest BCUT2D eigenvalue weighted by Crippen LogP contribution is 2.37. The molecule has 0 aromatic carbocycles. The number of anilines is 3. The summed E-state index contributed by atoms with van der Waals surface area (Å²) < 4.78 is 2.10. The summed E-state index contributed by atoms with van der Waals surface area (Å²) in [4.78, 5) is 43.2. The predicted octanol–water partition coefficient (Wildman–Crippen LogP) is 3.60. The summed E-state index contributed by atoms with van der Waals surface area (Å²) in [6.07, 6.45) is 8.89. The predicted molar refractivity (Wildman–Crippen MR) is 147 cm³/mol. The van der Waals surface area contributed by atoms with E-state index in [9.17, 15) is 9.59 Å². The molecular weight excluding hydrogens is 480 g/mol. The Labute approximate surface area is 222 Å². The van der Waals surface area contributed by atoms with E-state index in [1.54, 1.807) is 31.4 Å². The van der Waals surface area contributed by atoms with Crippen molar-refractivity contribution in [1.29, 1.82) is 0 Å². The van der Waals surface area contributed by atoms with Gasteiger partial charge in [0.05, 0.1) is 11.9 Å². The first kappa shape index (κ1) is 24.8. The molecular formula is C28H36N8O2. The fourth-order valence-corrected chi connectivity index (χ4v) is 6.42. The molecule has 3 fully saturated rings. The van der Waals surface area contributed by atoms with E-state index in [4.69, 9.17) is 4.98 Å². The van der Waals surface area contributed by atoms with Gasteiger partial charge in [0.15, 0.2) is 0 Å². The summed E-state index contributed by atoms with van der Waals surface area (Å²) in [5.74, 6) is 2.62. The number of nitrogens with zero attached hydrogens (tertiary/aromatic N) is 6. The molecule has 0 spiro atoms. The molecule has 1 aliphatic carbocycles. The van der Waals surface area contributed by atoms with Crippen molar-refractivity contribution in [2.75, 3.05) is 43.9 Å². The van der Waals surface area contributed by atoms with Gasteiger partial charge in [-0.2, -0.15) is 4.98 Å². The maximum absolute atomic E-state index is 13.1. The lowest BCUT2D eigenvalue weighted by Crippen LogP contribution is -2.44. The lowest BCUT2D eigenvalue weighted by atomic mass is 9.88. The molecule has 2 saturated heterocycles. The second-order valence-electron chi connectivity index (χ2n) is 11.3. The molecule has 1 saturated carbocycles. The molecule has 3 aromatic heterocycles. The first-order chi connectivity index (χ1) is 18.4. The van der Waals surface area contributed by atoms with E-state index >= 15 is 0 Å². The topological polar surface area (TPSA) is 108 Å². The van der Waals surface area contributed by atoms with Crippen LogP contribution in [-0.4, -0.2) is 70.0 Å². The SMILES string of the molecule is CC(C1CCCC1)n1c(C(=O)N(C)C)cc2cnc(Nc3ccc(N4CC5CNCC5CC4=O)cn3)nc21. The largest absolute Gasteiger partial charge is 0.343 e. The second kappa shape index (κ2) is 9.98. The van der Waals surface area contributed by atoms with Gasteiger partial charge in [-0.05, 0) is 68.8 Å². The number of carbonyl (C=O) groups is 2. The minimum atomic E-state index is -0.0356. The van der Waals surface area contributed by atoms with Gasteiger partial charge in [0.25, 0.3) is 5.91 Å². The first-order valence-corrected chi connectivity index (χ1v) is 13.7. The van der Waals surface area contributed by atoms with Gasteiger partial charge < -0.3 is 25.0 Å². The smallest absolute Gasteiger partial charge is 0.270 e. The molecule has 6 rings (SSSR count). The summed E-state index contributed by atoms with van der Waals surface area (Å²) in [6, 6.07) is 5.84. The van der Waals surface area contributed by atoms with Crippen molar-refractivity contribution in [3.63, 3.8) is 0 Å². The average molecular weight is 517 g/mol. The lowest BCUT2D eigenvalue weighted by Gasteiger charge is -2.34. The fourth-order valence-electron chi connectivity index (χ4n) is 6.42. The van der Waals surface area contributed by atoms with Crippen LogP contribution in [-0.2, 0) is 4.79 Å². The van der Waals surface area contributed by atoms with Gasteiger partial charge in [0.2, 0.25) is 11.9 Å². The number of fused-ring (bicyclic) bond motifs is 2. The van der Waals surface area contributed by atoms with Crippen LogP contribution in [0.2, 0.25) is 0 Å². The Bertz CT molecular complexity index is 1340. The number of rotatable bonds is 6. The third-order valence-electron chi connectivity index (χ3n) is 8.62. The number of amides is 2. The highest BCUT2D eigenvalue weighted by Gasteiger charge is 2.37. The van der Waals surface area contributed by atoms with E-state index in [0.717, 1.165) is 36.4 Å². The monoisotopic (exact) mass is 516 g/mol. The van der Waals surface area contributed by atoms with Gasteiger partial charge >= 0.3 is 0 Å². The van der Waals surface area contributed by atoms with Gasteiger partial charge in [-0.25, -0.2) is 9.97 Å². The van der Waals surface area contributed by atoms with Crippen LogP contribution in [0.1, 0.15) is 55.6 Å². The Hall–Kier alpha value is -3.53. The van der Waals surface area contributed by atoms with Crippen molar-refractivity contribution < 1.29 is 9.59 Å². The Balaban J connectivity index is 1.26. The fraction of sp³-hybridized carbons (Fsp3) is 0.536. The molecule has 2 amide bonds. The van der Waals surface area contributed by atoms with E-state index in [2.05, 4.69) is 32.1 Å². The molecule has 38 heavy (non-hydrogen) atoms. The Morgan fingerprint density at radius 2 is 1.92 bits per heavy atom. The Morgan fingerprint density at radius 3 is 2.66 bits per heavy atom. The molecule has 2 aliphatic heterocycles. The second-order valence-corrected chi connectivity index (χ2v) is 11.3. The maximum Gasteiger partial charge on any atom is 0.270 e. The van der Waals surface area contributed by atoms with Crippen molar-refractivity contribution in [3.8, 4) is 0 Å². The molecule has 3 unspecified atom stereocenters. The molecule has 5 heterocycles. The molecule has 2 N–H and O–H groups in total. The molecule has 3 atom stereocenters. The van der Waals surface area contributed by atoms with Crippen LogP contribution in [0.4, 0.5) is 17.5 Å². The summed E-state index contributed by atoms with van der Waals surface area (Å²) in [6.45, 7) is 4.82. The Kier molecular flexibility index (Phi) is 6.51. The molecule has 0 radical (unpaired) electrons. The summed E-state index contributed by atoms with van der Waals surface area (Å²) in [5, 5.41) is 7.46. The number of pyridine rings is 1. The van der Waals surface area contributed by atoms with Crippen LogP contribution in [0.5, 0.6) is 0 Å². The van der Waals surface area contributed by atoms with E-state index in [-0.39, 0.29) is 17.9 Å². The Morgan fingerprint density at radius 1 is 1.13 bits per heavy atom. The van der Waals surface area contributed by atoms with Gasteiger partial charge in [-0.15, -0.1) is 0 Å². The zero-order valence-electron chi connectivity index (χ0n) is 22.4. The first-order valence-electron chi connectivity index (χ1n) is 13.7. The number of piperidine rings is 1. The molecule has 0 bridgehead atoms. The van der Waals surface area contributed by atoms with Crippen LogP contribution >= 0.6 is 0 Å². The van der Waals surface area contributed by atoms with Crippen molar-refractivity contribution in [1.82, 2.24) is 29.7 Å². The molecule has 3 aromatic rings. The third-order valence-corrected chi connectivity index (χ3v) is 8.62. The van der Waals surface area contributed by atoms with Crippen LogP contribution in [0.3, 0.4) is 0 Å². The van der Waals surface area contributed by atoms with Crippen molar-refractivity contribution in [3.05, 3.63) is 36.3 Å². The summed E-state index contributed by atoms with van der Waals surface area (Å²) in [5.41, 5.74) is 2.21. The minimum Gasteiger partial charge on any atom is -0.343 e. The number of nitrogens with one attached hydrogen (secondary N) is 2. The summed E-state index contributed by atoms with van der Waals surface area (Å²) >= 11 is 0. The number of carbonyl (C=O) groups excluding carboxylic acids is 2. The standard InChI is InChI=1S/C28H36N8O2/c1-17(18-6-4-5-7-18)36-23(27(38)34(2)3)10-20-14-31-28(33-26(20)36)32-24-9-8-22(15-30-24)35-16-21-13-29-12-19(21)11-25(35)37/h8-10,14-15,17-19,21,29H,4-7,11-13,16H2,1-3H3,(H,30,31,32,33). The van der Waals surface area contributed by atoms with Gasteiger partial charge in [0.1, 0.15) is 17.2 Å². The minimum absolute atomic E-state index is 0.0356. The van der Waals surface area contributed by atoms with Gasteiger partial charge in [-0.1, -0.05) is 12.8 Å². The van der Waals surface area contributed by atoms with Gasteiger partial charge in [-0.3, -0.25) is 9.59 Å². The number of hydrogen-bond donors (Lipinski definition) is 2. The quantitative estimate of drug-likeness (QED) is 0.515. The summed E-state index contributed by atoms with van der Waals surface area (Å²) in [7, 11) is 3.55. The van der Waals surface area contributed by atoms with E-state index in [1.807, 2.05) is 23.1 Å². The lowest BCUT2D eigenvalue weighted by molar-refractivity contribution is -0.121. The third kappa shape index (κ3) is 4.51. The van der Waals surface area contributed by atoms with E-state index in [0.29, 0.717) is 41.6 Å². The van der Waals surface area contributed by atoms with Crippen LogP contribution in [0.15, 0.2) is 30.6 Å². The molecule has 10 nitrogen and oxygen atoms in total. The molecule has 10 heteroatoms. The van der Waals surface area contributed by atoms with E-state index in [1.165, 1.54) is 25.7 Å². The van der Waals surface area contributed by atoms with Crippen molar-refractivity contribution in [2.45, 2.75) is 45.1 Å². The van der Waals surface area contributed by atoms with Crippen LogP contribution < -0.4 is 15.5 Å². The normalized spacial score (nSPS) is 22.6. The highest BCUT2D eigenvalue weighted by molar-refractivity contribution is 5.98. The number of hydrogen-bond acceptors (Lipinski definition) is 7. The highest BCUT2D eigenvalue weighted by atomic mass is 16.2. The zero-order valence-corrected chi connectivity index (χ0v) is 22.4. The molecule has 200 valence electrons. The van der Waals surface area contributed by atoms with Crippen molar-refractivity contribution in [2.24, 2.45) is 17.8 Å². The maximum atomic E-state index is 13.1. The molecule has 3 aliphatic rings. The average Bonchev–Trinajstić information content (AvgIpc) is 3.67. The number of aromatic nitrogens is 4. The van der Waals surface area contributed by atoms with Crippen LogP contribution in [0.25, 0.3) is 11.0 Å². The van der Waals surface area contributed by atoms with Crippen LogP contribution in [0, 0.1) is 17.8 Å². The van der Waals surface area contributed by atoms with E-state index < -0.39 is 0 Å². The van der Waals surface area contributed by atoms with Crippen molar-refractivity contribution >= 4 is 40.3 Å². The zero-order chi connectivity index (χ0) is 26.4. The van der Waals surface area contributed by atoms with Gasteiger partial charge in [0, 0.05) is 44.7 Å².